The third kappa shape index (κ3) is 8.58. The Bertz CT molecular complexity index is 998. The summed E-state index contributed by atoms with van der Waals surface area (Å²) in [6, 6.07) is 3.55. The highest BCUT2D eigenvalue weighted by Gasteiger charge is 2.35. The van der Waals surface area contributed by atoms with Crippen LogP contribution in [0.15, 0.2) is 35.9 Å². The highest BCUT2D eigenvalue weighted by atomic mass is 31.2. The Hall–Kier alpha value is -1.92. The van der Waals surface area contributed by atoms with Crippen LogP contribution in [0.4, 0.5) is 0 Å². The Morgan fingerprint density at radius 3 is 2.50 bits per heavy atom. The fourth-order valence-electron chi connectivity index (χ4n) is 4.63. The molecule has 1 aliphatic rings. The van der Waals surface area contributed by atoms with E-state index in [2.05, 4.69) is 26.5 Å². The summed E-state index contributed by atoms with van der Waals surface area (Å²) in [7, 11) is -4.46. The van der Waals surface area contributed by atoms with Crippen molar-refractivity contribution in [1.29, 1.82) is 0 Å². The zero-order valence-electron chi connectivity index (χ0n) is 22.6. The molecule has 0 saturated carbocycles. The van der Waals surface area contributed by atoms with E-state index >= 15 is 0 Å². The predicted molar refractivity (Wildman–Crippen MR) is 142 cm³/mol. The van der Waals surface area contributed by atoms with Gasteiger partial charge in [0.15, 0.2) is 6.10 Å². The van der Waals surface area contributed by atoms with Crippen molar-refractivity contribution in [2.24, 2.45) is 5.92 Å². The SMILES string of the molecule is C=C(C)[C@@H]1CCC(C)=C[C@H]1c1c(O)cc(CCCCC)cc1OC(=O)C(CC)OP(=O)(O)OC(C)C. The van der Waals surface area contributed by atoms with Crippen LogP contribution in [0.3, 0.4) is 0 Å². The van der Waals surface area contributed by atoms with Crippen molar-refractivity contribution >= 4 is 13.8 Å². The molecule has 2 rings (SSSR count). The van der Waals surface area contributed by atoms with Crippen LogP contribution in [0, 0.1) is 5.92 Å². The molecule has 8 heteroatoms. The number of esters is 1. The maximum Gasteiger partial charge on any atom is 0.473 e. The van der Waals surface area contributed by atoms with Crippen LogP contribution in [0.25, 0.3) is 0 Å². The molecule has 4 atom stereocenters. The fourth-order valence-corrected chi connectivity index (χ4v) is 5.77. The molecule has 7 nitrogen and oxygen atoms in total. The summed E-state index contributed by atoms with van der Waals surface area (Å²) in [5, 5.41) is 11.2. The Kier molecular flexibility index (Phi) is 11.4. The van der Waals surface area contributed by atoms with Gasteiger partial charge in [-0.1, -0.05) is 50.5 Å². The number of phenols is 1. The van der Waals surface area contributed by atoms with Crippen LogP contribution in [0.5, 0.6) is 11.5 Å². The second kappa shape index (κ2) is 13.6. The van der Waals surface area contributed by atoms with E-state index in [1.54, 1.807) is 32.9 Å². The quantitative estimate of drug-likeness (QED) is 0.0917. The van der Waals surface area contributed by atoms with E-state index in [1.807, 2.05) is 6.92 Å². The number of benzene rings is 1. The minimum Gasteiger partial charge on any atom is -0.507 e. The molecule has 0 spiro atoms. The van der Waals surface area contributed by atoms with Gasteiger partial charge in [-0.3, -0.25) is 9.05 Å². The van der Waals surface area contributed by atoms with Gasteiger partial charge >= 0.3 is 13.8 Å². The van der Waals surface area contributed by atoms with Crippen LogP contribution in [-0.4, -0.2) is 28.2 Å². The smallest absolute Gasteiger partial charge is 0.473 e. The molecule has 1 aromatic carbocycles. The predicted octanol–water partition coefficient (Wildman–Crippen LogP) is 7.37. The lowest BCUT2D eigenvalue weighted by Crippen LogP contribution is -2.29. The molecule has 0 bridgehead atoms. The highest BCUT2D eigenvalue weighted by molar-refractivity contribution is 7.47. The summed E-state index contributed by atoms with van der Waals surface area (Å²) >= 11 is 0. The molecular formula is C28H43O7P. The molecule has 202 valence electrons. The molecule has 36 heavy (non-hydrogen) atoms. The maximum atomic E-state index is 13.2. The first kappa shape index (κ1) is 30.3. The lowest BCUT2D eigenvalue weighted by Gasteiger charge is -2.32. The van der Waals surface area contributed by atoms with Crippen molar-refractivity contribution in [3.8, 4) is 11.5 Å². The van der Waals surface area contributed by atoms with Crippen LogP contribution in [0.1, 0.15) is 97.1 Å². The van der Waals surface area contributed by atoms with E-state index in [9.17, 15) is 19.4 Å². The van der Waals surface area contributed by atoms with E-state index in [0.29, 0.717) is 5.56 Å². The van der Waals surface area contributed by atoms with Crippen molar-refractivity contribution in [1.82, 2.24) is 0 Å². The number of carbonyl (C=O) groups excluding carboxylic acids is 1. The van der Waals surface area contributed by atoms with Gasteiger partial charge in [-0.05, 0) is 83.4 Å². The van der Waals surface area contributed by atoms with Crippen LogP contribution in [0.2, 0.25) is 0 Å². The molecular weight excluding hydrogens is 479 g/mol. The van der Waals surface area contributed by atoms with Gasteiger partial charge in [0.05, 0.1) is 6.10 Å². The monoisotopic (exact) mass is 522 g/mol. The number of unbranched alkanes of at least 4 members (excludes halogenated alkanes) is 2. The molecule has 0 saturated heterocycles. The number of phenolic OH excluding ortho intramolecular Hbond substituents is 1. The Morgan fingerprint density at radius 2 is 1.92 bits per heavy atom. The van der Waals surface area contributed by atoms with Crippen molar-refractivity contribution in [2.45, 2.75) is 105 Å². The molecule has 2 N–H and O–H groups in total. The molecule has 0 aromatic heterocycles. The number of hydrogen-bond acceptors (Lipinski definition) is 6. The summed E-state index contributed by atoms with van der Waals surface area (Å²) in [6.45, 7) is 15.2. The minimum absolute atomic E-state index is 0.0685. The average molecular weight is 523 g/mol. The normalized spacial score (nSPS) is 20.5. The van der Waals surface area contributed by atoms with Crippen molar-refractivity contribution in [2.75, 3.05) is 0 Å². The van der Waals surface area contributed by atoms with E-state index in [-0.39, 0.29) is 29.8 Å². The highest BCUT2D eigenvalue weighted by Crippen LogP contribution is 2.48. The standard InChI is InChI=1S/C28H43O7P/c1-8-10-11-12-21-16-24(29)27(23-15-20(7)13-14-22(23)18(3)4)26(17-21)33-28(30)25(9-2)35-36(31,32)34-19(5)6/h15-17,19,22-23,25,29H,3,8-14H2,1-2,4-7H3,(H,31,32)/t22-,23+,25?/m0/s1. The van der Waals surface area contributed by atoms with Crippen molar-refractivity contribution in [3.05, 3.63) is 47.1 Å². The molecule has 1 aromatic rings. The van der Waals surface area contributed by atoms with Crippen LogP contribution < -0.4 is 4.74 Å². The summed E-state index contributed by atoms with van der Waals surface area (Å²) in [5.41, 5.74) is 3.58. The van der Waals surface area contributed by atoms with Crippen LogP contribution in [-0.2, 0) is 24.8 Å². The Morgan fingerprint density at radius 1 is 1.22 bits per heavy atom. The minimum atomic E-state index is -4.46. The van der Waals surface area contributed by atoms with Crippen LogP contribution >= 0.6 is 7.82 Å². The van der Waals surface area contributed by atoms with Gasteiger partial charge in [0.1, 0.15) is 11.5 Å². The number of phosphoric ester groups is 1. The number of aryl methyl sites for hydroxylation is 1. The van der Waals surface area contributed by atoms with Gasteiger partial charge in [0.2, 0.25) is 0 Å². The first-order valence-electron chi connectivity index (χ1n) is 13.0. The first-order chi connectivity index (χ1) is 16.9. The van der Waals surface area contributed by atoms with Gasteiger partial charge in [0, 0.05) is 11.5 Å². The Labute approximate surface area is 216 Å². The molecule has 2 unspecified atom stereocenters. The van der Waals surface area contributed by atoms with Gasteiger partial charge in [-0.2, -0.15) is 0 Å². The zero-order valence-corrected chi connectivity index (χ0v) is 23.5. The molecule has 0 aliphatic heterocycles. The number of hydrogen-bond donors (Lipinski definition) is 2. The summed E-state index contributed by atoms with van der Waals surface area (Å²) in [5.74, 6) is -0.627. The number of ether oxygens (including phenoxy) is 1. The molecule has 1 aliphatic carbocycles. The number of phosphoric acid groups is 1. The number of allylic oxidation sites excluding steroid dienone is 3. The van der Waals surface area contributed by atoms with Crippen molar-refractivity contribution < 1.29 is 33.1 Å². The van der Waals surface area contributed by atoms with E-state index in [1.165, 1.54) is 5.57 Å². The van der Waals surface area contributed by atoms with E-state index < -0.39 is 26.0 Å². The van der Waals surface area contributed by atoms with E-state index in [0.717, 1.165) is 49.7 Å². The van der Waals surface area contributed by atoms with Gasteiger partial charge < -0.3 is 14.7 Å². The lowest BCUT2D eigenvalue weighted by molar-refractivity contribution is -0.143. The summed E-state index contributed by atoms with van der Waals surface area (Å²) < 4.78 is 28.3. The van der Waals surface area contributed by atoms with E-state index in [4.69, 9.17) is 13.8 Å². The number of carbonyl (C=O) groups is 1. The van der Waals surface area contributed by atoms with Crippen molar-refractivity contribution in [3.63, 3.8) is 0 Å². The van der Waals surface area contributed by atoms with Gasteiger partial charge in [-0.15, -0.1) is 0 Å². The summed E-state index contributed by atoms with van der Waals surface area (Å²) in [6.07, 6.45) is 5.97. The third-order valence-electron chi connectivity index (χ3n) is 6.41. The second-order valence-electron chi connectivity index (χ2n) is 10.1. The largest absolute Gasteiger partial charge is 0.507 e. The number of rotatable bonds is 13. The zero-order chi connectivity index (χ0) is 27.0. The average Bonchev–Trinajstić information content (AvgIpc) is 2.76. The number of aromatic hydroxyl groups is 1. The third-order valence-corrected chi connectivity index (χ3v) is 7.62. The maximum absolute atomic E-state index is 13.2. The molecule has 0 amide bonds. The second-order valence-corrected chi connectivity index (χ2v) is 11.4. The lowest BCUT2D eigenvalue weighted by atomic mass is 9.73. The topological polar surface area (TPSA) is 102 Å². The molecule has 0 fully saturated rings. The molecule has 0 heterocycles. The van der Waals surface area contributed by atoms with Gasteiger partial charge in [0.25, 0.3) is 0 Å². The first-order valence-corrected chi connectivity index (χ1v) is 14.5. The summed E-state index contributed by atoms with van der Waals surface area (Å²) in [4.78, 5) is 23.2. The Balaban J connectivity index is 2.48. The molecule has 0 radical (unpaired) electrons. The fraction of sp³-hybridized carbons (Fsp3) is 0.607. The van der Waals surface area contributed by atoms with Gasteiger partial charge in [-0.25, -0.2) is 9.36 Å².